The Balaban J connectivity index is 2.20. The number of sulfonamides is 1. The number of aliphatic hydroxyl groups is 2. The second kappa shape index (κ2) is 10.9. The van der Waals surface area contributed by atoms with Crippen LogP contribution in [0.4, 0.5) is 5.13 Å². The highest BCUT2D eigenvalue weighted by molar-refractivity contribution is 7.92. The number of amides is 1. The summed E-state index contributed by atoms with van der Waals surface area (Å²) < 4.78 is 29.2. The van der Waals surface area contributed by atoms with E-state index in [0.29, 0.717) is 0 Å². The van der Waals surface area contributed by atoms with E-state index < -0.39 is 34.2 Å². The van der Waals surface area contributed by atoms with Crippen LogP contribution in [0.5, 0.6) is 5.75 Å². The lowest BCUT2D eigenvalue weighted by molar-refractivity contribution is -0.0177. The minimum atomic E-state index is -3.52. The van der Waals surface area contributed by atoms with Gasteiger partial charge < -0.3 is 25.4 Å². The Morgan fingerprint density at radius 1 is 1.29 bits per heavy atom. The van der Waals surface area contributed by atoms with E-state index in [1.165, 1.54) is 31.7 Å². The number of hydrogen-bond donors (Lipinski definition) is 4. The number of anilines is 1. The molecule has 1 heterocycles. The van der Waals surface area contributed by atoms with Gasteiger partial charge in [0.25, 0.3) is 5.91 Å². The number of rotatable bonds is 11. The number of aromatic nitrogens is 1. The van der Waals surface area contributed by atoms with Gasteiger partial charge in [0.2, 0.25) is 10.0 Å². The third-order valence-corrected chi connectivity index (χ3v) is 6.82. The molecule has 0 bridgehead atoms. The normalized spacial score (nSPS) is 14.6. The number of aromatic hydroxyl groups is 1. The number of benzene rings is 1. The Kier molecular flexibility index (Phi) is 8.77. The minimum Gasteiger partial charge on any atom is -0.508 e. The van der Waals surface area contributed by atoms with E-state index in [9.17, 15) is 28.5 Å². The van der Waals surface area contributed by atoms with Crippen molar-refractivity contribution >= 4 is 32.4 Å². The number of hydrogen-bond acceptors (Lipinski definition) is 9. The molecule has 0 fully saturated rings. The number of ether oxygens (including phenoxy) is 1. The Morgan fingerprint density at radius 2 is 1.94 bits per heavy atom. The van der Waals surface area contributed by atoms with Crippen molar-refractivity contribution in [2.75, 3.05) is 31.3 Å². The molecule has 3 atom stereocenters. The predicted molar refractivity (Wildman–Crippen MR) is 117 cm³/mol. The van der Waals surface area contributed by atoms with Crippen LogP contribution in [0.25, 0.3) is 0 Å². The van der Waals surface area contributed by atoms with Gasteiger partial charge in [0, 0.05) is 26.1 Å². The van der Waals surface area contributed by atoms with E-state index in [1.54, 1.807) is 12.1 Å². The van der Waals surface area contributed by atoms with Gasteiger partial charge in [-0.3, -0.25) is 4.79 Å². The molecule has 2 rings (SSSR count). The Bertz CT molecular complexity index is 963. The molecular formula is C19H27N3O7S2. The van der Waals surface area contributed by atoms with E-state index in [-0.39, 0.29) is 36.0 Å². The minimum absolute atomic E-state index is 0.00946. The van der Waals surface area contributed by atoms with Gasteiger partial charge >= 0.3 is 0 Å². The first-order valence-electron chi connectivity index (χ1n) is 9.36. The van der Waals surface area contributed by atoms with Crippen LogP contribution in [0, 0.1) is 0 Å². The molecule has 0 saturated heterocycles. The van der Waals surface area contributed by atoms with Crippen molar-refractivity contribution < 1.29 is 33.3 Å². The number of phenols is 1. The second-order valence-electron chi connectivity index (χ2n) is 7.04. The van der Waals surface area contributed by atoms with E-state index in [2.05, 4.69) is 10.3 Å². The predicted octanol–water partition coefficient (Wildman–Crippen LogP) is 0.344. The SMILES string of the molecule is COCCC(O)C(O)C(Cc1ccc(O)cc1)NC(=O)c1csc(N(C)S(C)(=O)=O)n1. The van der Waals surface area contributed by atoms with Crippen molar-refractivity contribution in [3.63, 3.8) is 0 Å². The number of aliphatic hydroxyl groups excluding tert-OH is 2. The first-order valence-corrected chi connectivity index (χ1v) is 12.1. The number of thiazole rings is 1. The topological polar surface area (TPSA) is 149 Å². The number of carbonyl (C=O) groups is 1. The van der Waals surface area contributed by atoms with Crippen LogP contribution in [-0.2, 0) is 21.2 Å². The van der Waals surface area contributed by atoms with Gasteiger partial charge in [0.1, 0.15) is 17.5 Å². The molecule has 12 heteroatoms. The number of carbonyl (C=O) groups excluding carboxylic acids is 1. The smallest absolute Gasteiger partial charge is 0.271 e. The van der Waals surface area contributed by atoms with Gasteiger partial charge in [-0.05, 0) is 30.5 Å². The number of methoxy groups -OCH3 is 1. The molecule has 31 heavy (non-hydrogen) atoms. The molecule has 0 aliphatic carbocycles. The average Bonchev–Trinajstić information content (AvgIpc) is 3.21. The van der Waals surface area contributed by atoms with E-state index >= 15 is 0 Å². The summed E-state index contributed by atoms with van der Waals surface area (Å²) in [6.45, 7) is 0.228. The molecule has 0 aliphatic heterocycles. The molecule has 1 amide bonds. The summed E-state index contributed by atoms with van der Waals surface area (Å²) in [5, 5.41) is 34.6. The quantitative estimate of drug-likeness (QED) is 0.365. The van der Waals surface area contributed by atoms with Crippen LogP contribution in [0.1, 0.15) is 22.5 Å². The van der Waals surface area contributed by atoms with Gasteiger partial charge in [0.05, 0.1) is 18.4 Å². The van der Waals surface area contributed by atoms with Crippen LogP contribution in [0.15, 0.2) is 29.6 Å². The van der Waals surface area contributed by atoms with Crippen molar-refractivity contribution in [2.24, 2.45) is 0 Å². The third kappa shape index (κ3) is 7.14. The maximum atomic E-state index is 12.7. The van der Waals surface area contributed by atoms with Crippen LogP contribution in [-0.4, -0.2) is 79.9 Å². The fraction of sp³-hybridized carbons (Fsp3) is 0.474. The molecule has 10 nitrogen and oxygen atoms in total. The van der Waals surface area contributed by atoms with Gasteiger partial charge in [-0.1, -0.05) is 12.1 Å². The largest absolute Gasteiger partial charge is 0.508 e. The summed E-state index contributed by atoms with van der Waals surface area (Å²) in [7, 11) is -0.718. The summed E-state index contributed by atoms with van der Waals surface area (Å²) in [5.41, 5.74) is 0.710. The summed E-state index contributed by atoms with van der Waals surface area (Å²) in [6, 6.07) is 5.38. The Morgan fingerprint density at radius 3 is 2.52 bits per heavy atom. The molecule has 0 aliphatic rings. The maximum absolute atomic E-state index is 12.7. The van der Waals surface area contributed by atoms with Crippen molar-refractivity contribution in [2.45, 2.75) is 31.1 Å². The van der Waals surface area contributed by atoms with Crippen molar-refractivity contribution in [3.8, 4) is 5.75 Å². The van der Waals surface area contributed by atoms with Crippen LogP contribution in [0.3, 0.4) is 0 Å². The van der Waals surface area contributed by atoms with Crippen LogP contribution < -0.4 is 9.62 Å². The zero-order valence-electron chi connectivity index (χ0n) is 17.4. The molecule has 1 aromatic carbocycles. The average molecular weight is 474 g/mol. The lowest BCUT2D eigenvalue weighted by atomic mass is 9.96. The van der Waals surface area contributed by atoms with Gasteiger partial charge in [-0.2, -0.15) is 0 Å². The fourth-order valence-electron chi connectivity index (χ4n) is 2.72. The first-order chi connectivity index (χ1) is 14.5. The first kappa shape index (κ1) is 25.0. The fourth-order valence-corrected chi connectivity index (χ4v) is 4.25. The molecule has 1 aromatic heterocycles. The molecule has 0 radical (unpaired) electrons. The van der Waals surface area contributed by atoms with Gasteiger partial charge in [-0.25, -0.2) is 17.7 Å². The van der Waals surface area contributed by atoms with Crippen molar-refractivity contribution in [3.05, 3.63) is 40.9 Å². The molecule has 0 saturated carbocycles. The number of phenolic OH excluding ortho intramolecular Hbond substituents is 1. The molecule has 2 aromatic rings. The number of nitrogens with zero attached hydrogens (tertiary/aromatic N) is 2. The van der Waals surface area contributed by atoms with Crippen molar-refractivity contribution in [1.82, 2.24) is 10.3 Å². The van der Waals surface area contributed by atoms with E-state index in [0.717, 1.165) is 27.5 Å². The highest BCUT2D eigenvalue weighted by Gasteiger charge is 2.29. The zero-order chi connectivity index (χ0) is 23.2. The summed E-state index contributed by atoms with van der Waals surface area (Å²) in [6.07, 6.45) is -1.08. The second-order valence-corrected chi connectivity index (χ2v) is 9.89. The number of nitrogens with one attached hydrogen (secondary N) is 1. The van der Waals surface area contributed by atoms with Crippen LogP contribution >= 0.6 is 11.3 Å². The molecule has 172 valence electrons. The lowest BCUT2D eigenvalue weighted by Gasteiger charge is -2.27. The zero-order valence-corrected chi connectivity index (χ0v) is 19.1. The van der Waals surface area contributed by atoms with Crippen molar-refractivity contribution in [1.29, 1.82) is 0 Å². The molecule has 0 spiro atoms. The third-order valence-electron chi connectivity index (χ3n) is 4.62. The Hall–Kier alpha value is -2.25. The van der Waals surface area contributed by atoms with Crippen LogP contribution in [0.2, 0.25) is 0 Å². The van der Waals surface area contributed by atoms with Gasteiger partial charge in [-0.15, -0.1) is 11.3 Å². The monoisotopic (exact) mass is 473 g/mol. The highest BCUT2D eigenvalue weighted by atomic mass is 32.2. The summed E-state index contributed by atoms with van der Waals surface area (Å²) >= 11 is 0.990. The van der Waals surface area contributed by atoms with E-state index in [4.69, 9.17) is 4.74 Å². The Labute approximate surface area is 185 Å². The van der Waals surface area contributed by atoms with Gasteiger partial charge in [0.15, 0.2) is 5.13 Å². The highest BCUT2D eigenvalue weighted by Crippen LogP contribution is 2.22. The molecular weight excluding hydrogens is 446 g/mol. The molecule has 3 unspecified atom stereocenters. The molecule has 4 N–H and O–H groups in total. The lowest BCUT2D eigenvalue weighted by Crippen LogP contribution is -2.50. The van der Waals surface area contributed by atoms with E-state index in [1.807, 2.05) is 0 Å². The summed E-state index contributed by atoms with van der Waals surface area (Å²) in [4.78, 5) is 16.8. The maximum Gasteiger partial charge on any atom is 0.271 e. The summed E-state index contributed by atoms with van der Waals surface area (Å²) in [5.74, 6) is -0.541. The standard InChI is InChI=1S/C19H27N3O7S2/c1-22(31(3,27)28)19-21-15(11-30-19)18(26)20-14(17(25)16(24)8-9-29-2)10-12-4-6-13(23)7-5-12/h4-7,11,14,16-17,23-25H,8-10H2,1-3H3,(H,20,26).